The van der Waals surface area contributed by atoms with Gasteiger partial charge in [-0.25, -0.2) is 4.99 Å². The molecule has 7 nitrogen and oxygen atoms in total. The van der Waals surface area contributed by atoms with Gasteiger partial charge >= 0.3 is 6.18 Å². The Morgan fingerprint density at radius 1 is 1.07 bits per heavy atom. The van der Waals surface area contributed by atoms with E-state index in [4.69, 9.17) is 0 Å². The summed E-state index contributed by atoms with van der Waals surface area (Å²) in [7, 11) is 4.43. The highest BCUT2D eigenvalue weighted by atomic mass is 127. The fourth-order valence-corrected chi connectivity index (χ4v) is 2.17. The van der Waals surface area contributed by atoms with E-state index in [1.807, 2.05) is 6.92 Å². The number of alkyl halides is 3. The molecule has 0 bridgehead atoms. The van der Waals surface area contributed by atoms with Crippen LogP contribution in [0.3, 0.4) is 0 Å². The highest BCUT2D eigenvalue weighted by Crippen LogP contribution is 2.15. The van der Waals surface area contributed by atoms with E-state index in [2.05, 4.69) is 15.6 Å². The van der Waals surface area contributed by atoms with Gasteiger partial charge in [-0.3, -0.25) is 9.59 Å². The van der Waals surface area contributed by atoms with Crippen molar-refractivity contribution in [1.29, 1.82) is 0 Å². The molecule has 0 spiro atoms. The topological polar surface area (TPSA) is 77.0 Å². The Balaban J connectivity index is 0.00000784. The molecular formula is C18H27F3IN5O2. The van der Waals surface area contributed by atoms with Crippen LogP contribution in [0.15, 0.2) is 29.3 Å². The molecule has 11 heteroatoms. The highest BCUT2D eigenvalue weighted by molar-refractivity contribution is 14.0. The summed E-state index contributed by atoms with van der Waals surface area (Å²) in [6.07, 6.45) is -4.44. The van der Waals surface area contributed by atoms with Crippen molar-refractivity contribution in [2.24, 2.45) is 4.99 Å². The molecule has 29 heavy (non-hydrogen) atoms. The summed E-state index contributed by atoms with van der Waals surface area (Å²) in [6.45, 7) is 1.01. The van der Waals surface area contributed by atoms with Crippen LogP contribution in [0.4, 0.5) is 13.2 Å². The van der Waals surface area contributed by atoms with Crippen molar-refractivity contribution in [3.8, 4) is 0 Å². The summed E-state index contributed by atoms with van der Waals surface area (Å²) in [5.41, 5.74) is 1.40. The van der Waals surface area contributed by atoms with Crippen LogP contribution in [0.2, 0.25) is 0 Å². The molecule has 0 atom stereocenters. The second kappa shape index (κ2) is 12.5. The molecule has 0 unspecified atom stereocenters. The lowest BCUT2D eigenvalue weighted by Gasteiger charge is -2.20. The Bertz CT molecular complexity index is 694. The summed E-state index contributed by atoms with van der Waals surface area (Å²) >= 11 is 0. The number of nitrogens with one attached hydrogen (secondary N) is 2. The summed E-state index contributed by atoms with van der Waals surface area (Å²) in [6, 6.07) is 6.93. The Morgan fingerprint density at radius 3 is 2.14 bits per heavy atom. The van der Waals surface area contributed by atoms with Crippen LogP contribution in [-0.4, -0.2) is 74.5 Å². The van der Waals surface area contributed by atoms with Crippen molar-refractivity contribution in [2.75, 3.05) is 40.8 Å². The lowest BCUT2D eigenvalue weighted by molar-refractivity contribution is -0.157. The quantitative estimate of drug-likeness (QED) is 0.323. The number of halogens is 4. The van der Waals surface area contributed by atoms with E-state index in [9.17, 15) is 22.8 Å². The Kier molecular flexibility index (Phi) is 11.6. The minimum atomic E-state index is -4.44. The maximum absolute atomic E-state index is 12.3. The molecule has 164 valence electrons. The van der Waals surface area contributed by atoms with Gasteiger partial charge in [-0.2, -0.15) is 13.2 Å². The number of carbonyl (C=O) groups excluding carboxylic acids is 2. The second-order valence-electron chi connectivity index (χ2n) is 6.31. The van der Waals surface area contributed by atoms with Crippen LogP contribution < -0.4 is 10.6 Å². The van der Waals surface area contributed by atoms with E-state index in [0.29, 0.717) is 23.0 Å². The number of carbonyl (C=O) groups is 2. The van der Waals surface area contributed by atoms with Gasteiger partial charge in [0.2, 0.25) is 5.91 Å². The van der Waals surface area contributed by atoms with Crippen molar-refractivity contribution in [3.63, 3.8) is 0 Å². The van der Waals surface area contributed by atoms with Gasteiger partial charge < -0.3 is 20.4 Å². The maximum Gasteiger partial charge on any atom is 0.406 e. The molecule has 0 aliphatic rings. The first-order valence-electron chi connectivity index (χ1n) is 8.67. The van der Waals surface area contributed by atoms with E-state index in [-0.39, 0.29) is 43.0 Å². The predicted octanol–water partition coefficient (Wildman–Crippen LogP) is 2.08. The number of aliphatic imine (C=N–C) groups is 1. The second-order valence-corrected chi connectivity index (χ2v) is 6.31. The van der Waals surface area contributed by atoms with Crippen LogP contribution in [0, 0.1) is 0 Å². The molecule has 1 rings (SSSR count). The molecule has 0 saturated heterocycles. The first-order valence-corrected chi connectivity index (χ1v) is 8.67. The normalized spacial score (nSPS) is 11.3. The van der Waals surface area contributed by atoms with Gasteiger partial charge in [0, 0.05) is 33.3 Å². The molecule has 2 amide bonds. The van der Waals surface area contributed by atoms with E-state index in [0.717, 1.165) is 12.6 Å². The summed E-state index contributed by atoms with van der Waals surface area (Å²) in [5, 5.41) is 5.65. The number of likely N-dealkylation sites (N-methyl/N-ethyl adjacent to an activating group) is 1. The zero-order valence-corrected chi connectivity index (χ0v) is 19.2. The molecule has 0 fully saturated rings. The summed E-state index contributed by atoms with van der Waals surface area (Å²) in [4.78, 5) is 30.1. The van der Waals surface area contributed by atoms with E-state index < -0.39 is 18.6 Å². The molecule has 2 N–H and O–H groups in total. The zero-order chi connectivity index (χ0) is 21.3. The molecule has 0 aliphatic carbocycles. The zero-order valence-electron chi connectivity index (χ0n) is 16.8. The Morgan fingerprint density at radius 2 is 1.66 bits per heavy atom. The van der Waals surface area contributed by atoms with Gasteiger partial charge in [0.25, 0.3) is 5.91 Å². The largest absolute Gasteiger partial charge is 0.406 e. The van der Waals surface area contributed by atoms with E-state index >= 15 is 0 Å². The molecule has 0 aromatic heterocycles. The smallest absolute Gasteiger partial charge is 0.357 e. The van der Waals surface area contributed by atoms with Crippen LogP contribution in [0.25, 0.3) is 0 Å². The first kappa shape index (κ1) is 27.0. The summed E-state index contributed by atoms with van der Waals surface area (Å²) in [5.74, 6) is -0.495. The van der Waals surface area contributed by atoms with Crippen molar-refractivity contribution < 1.29 is 22.8 Å². The molecule has 1 aromatic carbocycles. The minimum Gasteiger partial charge on any atom is -0.357 e. The number of guanidine groups is 1. The van der Waals surface area contributed by atoms with Crippen molar-refractivity contribution in [2.45, 2.75) is 19.6 Å². The molecule has 0 heterocycles. The highest BCUT2D eigenvalue weighted by Gasteiger charge is 2.31. The first-order chi connectivity index (χ1) is 13.0. The van der Waals surface area contributed by atoms with Crippen molar-refractivity contribution in [3.05, 3.63) is 35.4 Å². The van der Waals surface area contributed by atoms with E-state index in [1.165, 1.54) is 4.90 Å². The lowest BCUT2D eigenvalue weighted by Crippen LogP contribution is -2.45. The number of amides is 2. The molecular weight excluding hydrogens is 502 g/mol. The fourth-order valence-electron chi connectivity index (χ4n) is 2.17. The summed E-state index contributed by atoms with van der Waals surface area (Å²) < 4.78 is 37.0. The third-order valence-electron chi connectivity index (χ3n) is 3.62. The standard InChI is InChI=1S/C18H26F3N5O2.HI/c1-5-22-17(24-11-15(27)26(4)12-18(19,20)21)23-10-13-6-8-14(9-7-13)16(28)25(2)3;/h6-9H,5,10-12H2,1-4H3,(H2,22,23,24);1H. The SMILES string of the molecule is CCNC(=NCc1ccc(C(=O)N(C)C)cc1)NCC(=O)N(C)CC(F)(F)F.I. The molecule has 0 radical (unpaired) electrons. The number of rotatable bonds is 7. The number of nitrogens with zero attached hydrogens (tertiary/aromatic N) is 3. The predicted molar refractivity (Wildman–Crippen MR) is 116 cm³/mol. The third kappa shape index (κ3) is 10.3. The van der Waals surface area contributed by atoms with Crippen LogP contribution in [0.5, 0.6) is 0 Å². The van der Waals surface area contributed by atoms with E-state index in [1.54, 1.807) is 38.4 Å². The molecule has 0 aliphatic heterocycles. The van der Waals surface area contributed by atoms with Crippen molar-refractivity contribution >= 4 is 41.8 Å². The lowest BCUT2D eigenvalue weighted by atomic mass is 10.1. The van der Waals surface area contributed by atoms with Crippen LogP contribution >= 0.6 is 24.0 Å². The van der Waals surface area contributed by atoms with Crippen molar-refractivity contribution in [1.82, 2.24) is 20.4 Å². The average Bonchev–Trinajstić information content (AvgIpc) is 2.62. The van der Waals surface area contributed by atoms with Gasteiger partial charge in [0.1, 0.15) is 6.54 Å². The van der Waals surface area contributed by atoms with Gasteiger partial charge in [0.15, 0.2) is 5.96 Å². The monoisotopic (exact) mass is 529 g/mol. The fraction of sp³-hybridized carbons (Fsp3) is 0.500. The van der Waals surface area contributed by atoms with Gasteiger partial charge in [-0.1, -0.05) is 12.1 Å². The maximum atomic E-state index is 12.3. The van der Waals surface area contributed by atoms with Gasteiger partial charge in [-0.15, -0.1) is 24.0 Å². The Labute approximate surface area is 185 Å². The number of benzene rings is 1. The van der Waals surface area contributed by atoms with Crippen LogP contribution in [0.1, 0.15) is 22.8 Å². The Hall–Kier alpha value is -2.05. The minimum absolute atomic E-state index is 0. The molecule has 1 aromatic rings. The van der Waals surface area contributed by atoms with Gasteiger partial charge in [-0.05, 0) is 24.6 Å². The average molecular weight is 529 g/mol. The van der Waals surface area contributed by atoms with Crippen LogP contribution in [-0.2, 0) is 11.3 Å². The molecule has 0 saturated carbocycles. The third-order valence-corrected chi connectivity index (χ3v) is 3.62. The van der Waals surface area contributed by atoms with Gasteiger partial charge in [0.05, 0.1) is 13.1 Å². The number of hydrogen-bond acceptors (Lipinski definition) is 3. The number of hydrogen-bond donors (Lipinski definition) is 2.